The van der Waals surface area contributed by atoms with Crippen LogP contribution in [0.1, 0.15) is 47.2 Å². The number of H-pyrrole nitrogens is 1. The van der Waals surface area contributed by atoms with Gasteiger partial charge < -0.3 is 10.7 Å². The highest BCUT2D eigenvalue weighted by molar-refractivity contribution is 5.92. The fraction of sp³-hybridized carbons (Fsp3) is 0.148. The van der Waals surface area contributed by atoms with E-state index in [4.69, 9.17) is 15.7 Å². The van der Waals surface area contributed by atoms with Gasteiger partial charge in [-0.05, 0) is 47.9 Å². The van der Waals surface area contributed by atoms with Crippen LogP contribution in [0.15, 0.2) is 73.1 Å². The molecule has 0 bridgehead atoms. The molecule has 7 heteroatoms. The van der Waals surface area contributed by atoms with E-state index in [2.05, 4.69) is 28.8 Å². The Morgan fingerprint density at radius 1 is 0.941 bits per heavy atom. The second-order valence-corrected chi connectivity index (χ2v) is 8.51. The molecular weight excluding hydrogens is 424 g/mol. The van der Waals surface area contributed by atoms with Crippen LogP contribution in [-0.4, -0.2) is 30.8 Å². The van der Waals surface area contributed by atoms with Gasteiger partial charge in [-0.25, -0.2) is 4.98 Å². The van der Waals surface area contributed by atoms with Gasteiger partial charge in [-0.15, -0.1) is 0 Å². The van der Waals surface area contributed by atoms with Crippen LogP contribution in [0, 0.1) is 0 Å². The number of nitrogens with zero attached hydrogens (tertiary/aromatic N) is 4. The number of rotatable bonds is 6. The zero-order valence-electron chi connectivity index (χ0n) is 19.0. The van der Waals surface area contributed by atoms with Gasteiger partial charge in [0.25, 0.3) is 0 Å². The molecule has 3 N–H and O–H groups in total. The maximum atomic E-state index is 11.4. The molecule has 0 radical (unpaired) electrons. The van der Waals surface area contributed by atoms with Crippen LogP contribution in [0.4, 0.5) is 0 Å². The van der Waals surface area contributed by atoms with Crippen molar-refractivity contribution < 1.29 is 4.79 Å². The minimum atomic E-state index is -0.440. The van der Waals surface area contributed by atoms with Crippen molar-refractivity contribution in [2.45, 2.75) is 26.2 Å². The largest absolute Gasteiger partial charge is 0.366 e. The molecule has 0 saturated carbocycles. The lowest BCUT2D eigenvalue weighted by Crippen LogP contribution is -2.10. The average molecular weight is 449 g/mol. The number of primary amides is 1. The van der Waals surface area contributed by atoms with Gasteiger partial charge >= 0.3 is 0 Å². The number of benzene rings is 2. The number of hydrogen-bond donors (Lipinski definition) is 2. The van der Waals surface area contributed by atoms with E-state index in [0.29, 0.717) is 17.9 Å². The molecule has 7 nitrogen and oxygen atoms in total. The summed E-state index contributed by atoms with van der Waals surface area (Å²) in [6.45, 7) is 4.26. The topological polar surface area (TPSA) is 110 Å². The summed E-state index contributed by atoms with van der Waals surface area (Å²) in [7, 11) is 0. The lowest BCUT2D eigenvalue weighted by Gasteiger charge is -2.08. The first kappa shape index (κ1) is 21.5. The lowest BCUT2D eigenvalue weighted by atomic mass is 10.1. The van der Waals surface area contributed by atoms with Crippen molar-refractivity contribution in [1.82, 2.24) is 24.9 Å². The summed E-state index contributed by atoms with van der Waals surface area (Å²) in [5, 5.41) is 0. The van der Waals surface area contributed by atoms with Gasteiger partial charge in [0.15, 0.2) is 0 Å². The van der Waals surface area contributed by atoms with Crippen LogP contribution >= 0.6 is 0 Å². The first-order valence-electron chi connectivity index (χ1n) is 11.1. The normalized spacial score (nSPS) is 11.3. The van der Waals surface area contributed by atoms with E-state index >= 15 is 0 Å². The van der Waals surface area contributed by atoms with Gasteiger partial charge in [-0.3, -0.25) is 19.7 Å². The summed E-state index contributed by atoms with van der Waals surface area (Å²) < 4.78 is 0. The van der Waals surface area contributed by atoms with Crippen LogP contribution in [0.3, 0.4) is 0 Å². The number of fused-ring (bicyclic) bond motifs is 1. The van der Waals surface area contributed by atoms with Gasteiger partial charge in [0, 0.05) is 35.6 Å². The van der Waals surface area contributed by atoms with Crippen LogP contribution in [0.25, 0.3) is 33.7 Å². The number of amides is 1. The van der Waals surface area contributed by atoms with Gasteiger partial charge in [-0.2, -0.15) is 0 Å². The van der Waals surface area contributed by atoms with E-state index < -0.39 is 5.91 Å². The first-order valence-corrected chi connectivity index (χ1v) is 11.1. The smallest absolute Gasteiger partial charge is 0.248 e. The highest BCUT2D eigenvalue weighted by Gasteiger charge is 2.17. The molecule has 0 spiro atoms. The third kappa shape index (κ3) is 4.28. The Morgan fingerprint density at radius 2 is 1.71 bits per heavy atom. The van der Waals surface area contributed by atoms with Gasteiger partial charge in [0.1, 0.15) is 5.82 Å². The van der Waals surface area contributed by atoms with Crippen molar-refractivity contribution in [3.8, 4) is 22.6 Å². The Labute approximate surface area is 197 Å². The van der Waals surface area contributed by atoms with E-state index in [0.717, 1.165) is 50.8 Å². The quantitative estimate of drug-likeness (QED) is 0.384. The molecule has 3 aromatic heterocycles. The average Bonchev–Trinajstić information content (AvgIpc) is 3.28. The van der Waals surface area contributed by atoms with Crippen molar-refractivity contribution in [2.75, 3.05) is 0 Å². The van der Waals surface area contributed by atoms with Crippen molar-refractivity contribution >= 4 is 16.9 Å². The van der Waals surface area contributed by atoms with Crippen LogP contribution in [-0.2, 0) is 6.42 Å². The van der Waals surface area contributed by atoms with Gasteiger partial charge in [0.05, 0.1) is 28.1 Å². The number of carbonyl (C=O) groups is 1. The summed E-state index contributed by atoms with van der Waals surface area (Å²) in [6.07, 6.45) is 3.95. The molecule has 0 aliphatic rings. The Hall–Kier alpha value is -4.39. The van der Waals surface area contributed by atoms with Gasteiger partial charge in [0.2, 0.25) is 5.91 Å². The molecule has 0 unspecified atom stereocenters. The number of nitrogens with one attached hydrogen (secondary N) is 1. The molecule has 5 rings (SSSR count). The number of imidazole rings is 1. The molecule has 0 aliphatic heterocycles. The third-order valence-electron chi connectivity index (χ3n) is 5.72. The number of aromatic nitrogens is 5. The molecule has 0 aliphatic carbocycles. The molecule has 0 saturated heterocycles. The monoisotopic (exact) mass is 448 g/mol. The van der Waals surface area contributed by atoms with E-state index in [1.54, 1.807) is 24.5 Å². The summed E-state index contributed by atoms with van der Waals surface area (Å²) in [4.78, 5) is 33.6. The van der Waals surface area contributed by atoms with Crippen molar-refractivity contribution in [3.05, 3.63) is 95.7 Å². The molecule has 2 aromatic carbocycles. The molecule has 34 heavy (non-hydrogen) atoms. The van der Waals surface area contributed by atoms with Crippen LogP contribution in [0.2, 0.25) is 0 Å². The number of carbonyl (C=O) groups excluding carboxylic acids is 1. The fourth-order valence-electron chi connectivity index (χ4n) is 3.90. The van der Waals surface area contributed by atoms with E-state index in [9.17, 15) is 4.79 Å². The number of hydrogen-bond acceptors (Lipinski definition) is 5. The summed E-state index contributed by atoms with van der Waals surface area (Å²) >= 11 is 0. The van der Waals surface area contributed by atoms with Crippen molar-refractivity contribution in [1.29, 1.82) is 0 Å². The lowest BCUT2D eigenvalue weighted by molar-refractivity contribution is 0.100. The highest BCUT2D eigenvalue weighted by atomic mass is 16.1. The highest BCUT2D eigenvalue weighted by Crippen LogP contribution is 2.31. The molecular formula is C27H24N6O. The van der Waals surface area contributed by atoms with E-state index in [-0.39, 0.29) is 0 Å². The Morgan fingerprint density at radius 3 is 2.44 bits per heavy atom. The first-order chi connectivity index (χ1) is 16.5. The Balaban J connectivity index is 1.60. The van der Waals surface area contributed by atoms with E-state index in [1.165, 1.54) is 0 Å². The number of pyridine rings is 1. The summed E-state index contributed by atoms with van der Waals surface area (Å²) in [6, 6.07) is 19.3. The maximum Gasteiger partial charge on any atom is 0.248 e. The van der Waals surface area contributed by atoms with Crippen molar-refractivity contribution in [2.24, 2.45) is 5.73 Å². The minimum Gasteiger partial charge on any atom is -0.366 e. The van der Waals surface area contributed by atoms with Crippen LogP contribution < -0.4 is 5.73 Å². The molecule has 1 amide bonds. The van der Waals surface area contributed by atoms with Crippen LogP contribution in [0.5, 0.6) is 0 Å². The summed E-state index contributed by atoms with van der Waals surface area (Å²) in [5.41, 5.74) is 13.0. The number of nitrogens with two attached hydrogens (primary N) is 1. The number of aromatic amines is 1. The predicted octanol–water partition coefficient (Wildman–Crippen LogP) is 4.90. The standard InChI is InChI=1S/C27H24N6O/c1-16(2)20-4-3-5-22(31-20)26-25(19-10-11-21-23(15-19)30-13-12-29-21)32-24(33-26)14-17-6-8-18(9-7-17)27(28)34/h3-13,15-16H,14H2,1-2H3,(H2,28,34)(H,32,33). The predicted molar refractivity (Wildman–Crippen MR) is 132 cm³/mol. The third-order valence-corrected chi connectivity index (χ3v) is 5.72. The summed E-state index contributed by atoms with van der Waals surface area (Å²) in [5.74, 6) is 0.669. The maximum absolute atomic E-state index is 11.4. The SMILES string of the molecule is CC(C)c1cccc(-c2[nH]c(Cc3ccc(C(N)=O)cc3)nc2-c2ccc3nccnc3c2)n1. The minimum absolute atomic E-state index is 0.311. The Kier molecular flexibility index (Phi) is 5.59. The van der Waals surface area contributed by atoms with Gasteiger partial charge in [-0.1, -0.05) is 38.1 Å². The molecule has 0 atom stereocenters. The second kappa shape index (κ2) is 8.86. The second-order valence-electron chi connectivity index (χ2n) is 8.51. The zero-order chi connectivity index (χ0) is 23.7. The zero-order valence-corrected chi connectivity index (χ0v) is 19.0. The van der Waals surface area contributed by atoms with E-state index in [1.807, 2.05) is 48.5 Å². The molecule has 168 valence electrons. The molecule has 3 heterocycles. The molecule has 0 fully saturated rings. The molecule has 5 aromatic rings. The van der Waals surface area contributed by atoms with Crippen molar-refractivity contribution in [3.63, 3.8) is 0 Å². The Bertz CT molecular complexity index is 1490. The fourth-order valence-corrected chi connectivity index (χ4v) is 3.90.